The van der Waals surface area contributed by atoms with Gasteiger partial charge < -0.3 is 15.1 Å². The highest BCUT2D eigenvalue weighted by atomic mass is 19.1. The molecule has 2 heterocycles. The van der Waals surface area contributed by atoms with E-state index < -0.39 is 0 Å². The van der Waals surface area contributed by atoms with Crippen molar-refractivity contribution in [3.05, 3.63) is 65.7 Å². The third-order valence-electron chi connectivity index (χ3n) is 5.37. The van der Waals surface area contributed by atoms with Crippen molar-refractivity contribution in [1.82, 2.24) is 20.1 Å². The highest BCUT2D eigenvalue weighted by molar-refractivity contribution is 5.74. The number of carbonyl (C=O) groups is 1. The molecule has 0 aliphatic carbocycles. The Kier molecular flexibility index (Phi) is 7.37. The van der Waals surface area contributed by atoms with Crippen molar-refractivity contribution in [1.29, 1.82) is 0 Å². The van der Waals surface area contributed by atoms with Crippen molar-refractivity contribution >= 4 is 6.03 Å². The molecular weight excluding hydrogens is 355 g/mol. The van der Waals surface area contributed by atoms with Crippen LogP contribution in [0, 0.1) is 5.82 Å². The Morgan fingerprint density at radius 2 is 2.07 bits per heavy atom. The molecule has 1 aliphatic heterocycles. The third kappa shape index (κ3) is 5.76. The predicted molar refractivity (Wildman–Crippen MR) is 108 cm³/mol. The van der Waals surface area contributed by atoms with E-state index in [0.29, 0.717) is 13.1 Å². The van der Waals surface area contributed by atoms with E-state index in [-0.39, 0.29) is 17.9 Å². The molecular formula is C22H29FN4O. The number of rotatable bonds is 7. The Balaban J connectivity index is 1.63. The molecule has 1 aromatic heterocycles. The number of hydrogen-bond acceptors (Lipinski definition) is 3. The van der Waals surface area contributed by atoms with Crippen LogP contribution in [0.15, 0.2) is 48.7 Å². The van der Waals surface area contributed by atoms with Crippen molar-refractivity contribution in [2.45, 2.75) is 38.8 Å². The van der Waals surface area contributed by atoms with Crippen LogP contribution in [0.3, 0.4) is 0 Å². The van der Waals surface area contributed by atoms with Gasteiger partial charge in [0.2, 0.25) is 0 Å². The number of nitrogens with zero attached hydrogens (tertiary/aromatic N) is 3. The van der Waals surface area contributed by atoms with Crippen molar-refractivity contribution in [3.63, 3.8) is 0 Å². The lowest BCUT2D eigenvalue weighted by molar-refractivity contribution is 0.123. The van der Waals surface area contributed by atoms with Crippen LogP contribution in [0.1, 0.15) is 31.0 Å². The number of aromatic nitrogens is 1. The van der Waals surface area contributed by atoms with Crippen LogP contribution in [0.5, 0.6) is 0 Å². The smallest absolute Gasteiger partial charge is 0.317 e. The van der Waals surface area contributed by atoms with Crippen LogP contribution >= 0.6 is 0 Å². The van der Waals surface area contributed by atoms with Crippen molar-refractivity contribution in [2.24, 2.45) is 0 Å². The summed E-state index contributed by atoms with van der Waals surface area (Å²) in [6, 6.07) is 12.3. The molecule has 1 aliphatic rings. The summed E-state index contributed by atoms with van der Waals surface area (Å²) in [6.07, 6.45) is 4.46. The first-order valence-electron chi connectivity index (χ1n) is 10.1. The Hall–Kier alpha value is -2.47. The maximum atomic E-state index is 13.4. The Bertz CT molecular complexity index is 747. The minimum atomic E-state index is -0.286. The van der Waals surface area contributed by atoms with Crippen molar-refractivity contribution in [2.75, 3.05) is 26.2 Å². The lowest BCUT2D eigenvalue weighted by Gasteiger charge is -2.38. The minimum absolute atomic E-state index is 0.0878. The van der Waals surface area contributed by atoms with Crippen LogP contribution in [-0.4, -0.2) is 53.0 Å². The van der Waals surface area contributed by atoms with Crippen molar-refractivity contribution < 1.29 is 9.18 Å². The van der Waals surface area contributed by atoms with Crippen LogP contribution in [0.4, 0.5) is 9.18 Å². The second kappa shape index (κ2) is 10.2. The third-order valence-corrected chi connectivity index (χ3v) is 5.37. The zero-order chi connectivity index (χ0) is 19.8. The van der Waals surface area contributed by atoms with Crippen LogP contribution < -0.4 is 5.32 Å². The number of hydrogen-bond donors (Lipinski definition) is 1. The molecule has 0 saturated carbocycles. The molecule has 1 saturated heterocycles. The average molecular weight is 384 g/mol. The summed E-state index contributed by atoms with van der Waals surface area (Å²) in [7, 11) is 0. The zero-order valence-corrected chi connectivity index (χ0v) is 16.5. The standard InChI is InChI=1S/C22H29FN4O/c1-2-26-13-10-21(11-14-26)27(15-9-20-8-3-4-12-24-20)22(28)25-17-18-6-5-7-19(23)16-18/h3-8,12,16,21H,2,9-11,13-15,17H2,1H3,(H,25,28). The lowest BCUT2D eigenvalue weighted by Crippen LogP contribution is -2.51. The molecule has 0 atom stereocenters. The Morgan fingerprint density at radius 3 is 2.75 bits per heavy atom. The fourth-order valence-electron chi connectivity index (χ4n) is 3.70. The number of piperidine rings is 1. The molecule has 1 N–H and O–H groups in total. The normalized spacial score (nSPS) is 15.4. The van der Waals surface area contributed by atoms with E-state index in [1.54, 1.807) is 12.3 Å². The first-order chi connectivity index (χ1) is 13.7. The predicted octanol–water partition coefficient (Wildman–Crippen LogP) is 3.46. The number of carbonyl (C=O) groups excluding carboxylic acids is 1. The summed E-state index contributed by atoms with van der Waals surface area (Å²) in [5.74, 6) is -0.286. The summed E-state index contributed by atoms with van der Waals surface area (Å²) in [6.45, 7) is 6.20. The van der Waals surface area contributed by atoms with Gasteiger partial charge in [-0.3, -0.25) is 4.98 Å². The van der Waals surface area contributed by atoms with Crippen molar-refractivity contribution in [3.8, 4) is 0 Å². The zero-order valence-electron chi connectivity index (χ0n) is 16.5. The van der Waals surface area contributed by atoms with Crippen LogP contribution in [0.2, 0.25) is 0 Å². The summed E-state index contributed by atoms with van der Waals surface area (Å²) in [4.78, 5) is 21.7. The van der Waals surface area contributed by atoms with Gasteiger partial charge in [0.05, 0.1) is 0 Å². The number of urea groups is 1. The fraction of sp³-hybridized carbons (Fsp3) is 0.455. The van der Waals surface area contributed by atoms with E-state index >= 15 is 0 Å². The molecule has 150 valence electrons. The summed E-state index contributed by atoms with van der Waals surface area (Å²) >= 11 is 0. The summed E-state index contributed by atoms with van der Waals surface area (Å²) in [5.41, 5.74) is 1.75. The molecule has 2 amide bonds. The molecule has 1 fully saturated rings. The van der Waals surface area contributed by atoms with E-state index in [9.17, 15) is 9.18 Å². The number of pyridine rings is 1. The van der Waals surface area contributed by atoms with Crippen LogP contribution in [0.25, 0.3) is 0 Å². The van der Waals surface area contributed by atoms with Gasteiger partial charge in [0.1, 0.15) is 5.82 Å². The SMILES string of the molecule is CCN1CCC(N(CCc2ccccn2)C(=O)NCc2cccc(F)c2)CC1. The monoisotopic (exact) mass is 384 g/mol. The van der Waals surface area contributed by atoms with E-state index in [2.05, 4.69) is 22.1 Å². The van der Waals surface area contributed by atoms with Gasteiger partial charge >= 0.3 is 6.03 Å². The molecule has 3 rings (SSSR count). The number of likely N-dealkylation sites (tertiary alicyclic amines) is 1. The maximum absolute atomic E-state index is 13.4. The van der Waals surface area contributed by atoms with E-state index in [1.807, 2.05) is 29.2 Å². The van der Waals surface area contributed by atoms with Gasteiger partial charge in [0.25, 0.3) is 0 Å². The quantitative estimate of drug-likeness (QED) is 0.795. The average Bonchev–Trinajstić information content (AvgIpc) is 2.73. The van der Waals surface area contributed by atoms with Gasteiger partial charge in [-0.1, -0.05) is 25.1 Å². The van der Waals surface area contributed by atoms with Gasteiger partial charge in [-0.25, -0.2) is 9.18 Å². The van der Waals surface area contributed by atoms with Gasteiger partial charge in [-0.2, -0.15) is 0 Å². The molecule has 2 aromatic rings. The molecule has 28 heavy (non-hydrogen) atoms. The summed E-state index contributed by atoms with van der Waals surface area (Å²) < 4.78 is 13.4. The Morgan fingerprint density at radius 1 is 1.25 bits per heavy atom. The number of halogens is 1. The second-order valence-corrected chi connectivity index (χ2v) is 7.22. The molecule has 5 nitrogen and oxygen atoms in total. The van der Waals surface area contributed by atoms with Gasteiger partial charge in [-0.05, 0) is 49.2 Å². The molecule has 0 bridgehead atoms. The van der Waals surface area contributed by atoms with E-state index in [1.165, 1.54) is 12.1 Å². The topological polar surface area (TPSA) is 48.5 Å². The van der Waals surface area contributed by atoms with Gasteiger partial charge in [-0.15, -0.1) is 0 Å². The molecule has 0 unspecified atom stereocenters. The van der Waals surface area contributed by atoms with Gasteiger partial charge in [0, 0.05) is 50.5 Å². The highest BCUT2D eigenvalue weighted by Crippen LogP contribution is 2.17. The molecule has 0 spiro atoms. The number of nitrogens with one attached hydrogen (secondary N) is 1. The lowest BCUT2D eigenvalue weighted by atomic mass is 10.0. The van der Waals surface area contributed by atoms with Crippen LogP contribution in [-0.2, 0) is 13.0 Å². The van der Waals surface area contributed by atoms with E-state index in [4.69, 9.17) is 0 Å². The molecule has 6 heteroatoms. The highest BCUT2D eigenvalue weighted by Gasteiger charge is 2.27. The summed E-state index contributed by atoms with van der Waals surface area (Å²) in [5, 5.41) is 2.97. The Labute approximate surface area is 166 Å². The molecule has 1 aromatic carbocycles. The largest absolute Gasteiger partial charge is 0.334 e. The van der Waals surface area contributed by atoms with E-state index in [0.717, 1.165) is 50.2 Å². The maximum Gasteiger partial charge on any atom is 0.317 e. The first-order valence-corrected chi connectivity index (χ1v) is 10.1. The number of amides is 2. The number of benzene rings is 1. The fourth-order valence-corrected chi connectivity index (χ4v) is 3.70. The minimum Gasteiger partial charge on any atom is -0.334 e. The molecule has 0 radical (unpaired) electrons. The first kappa shape index (κ1) is 20.3. The second-order valence-electron chi connectivity index (χ2n) is 7.22. The van der Waals surface area contributed by atoms with Gasteiger partial charge in [0.15, 0.2) is 0 Å².